The molecule has 0 saturated heterocycles. The molecule has 0 aliphatic rings. The molecule has 0 bridgehead atoms. The van der Waals surface area contributed by atoms with Crippen molar-refractivity contribution in [2.45, 2.75) is 19.8 Å². The van der Waals surface area contributed by atoms with Gasteiger partial charge in [-0.1, -0.05) is 30.3 Å². The highest BCUT2D eigenvalue weighted by Gasteiger charge is 2.08. The van der Waals surface area contributed by atoms with E-state index in [-0.39, 0.29) is 5.91 Å². The molecule has 3 rings (SSSR count). The third-order valence-electron chi connectivity index (χ3n) is 3.53. The zero-order valence-corrected chi connectivity index (χ0v) is 12.5. The van der Waals surface area contributed by atoms with E-state index in [1.807, 2.05) is 18.2 Å². The average Bonchev–Trinajstić information content (AvgIpc) is 2.91. The number of hydrogen-bond acceptors (Lipinski definition) is 3. The number of aromatic nitrogens is 1. The Morgan fingerprint density at radius 3 is 2.82 bits per heavy atom. The molecule has 0 unspecified atom stereocenters. The van der Waals surface area contributed by atoms with Crippen LogP contribution in [0.3, 0.4) is 0 Å². The summed E-state index contributed by atoms with van der Waals surface area (Å²) in [5.74, 6) is 0.533. The van der Waals surface area contributed by atoms with Crippen molar-refractivity contribution >= 4 is 17.0 Å². The maximum atomic E-state index is 12.1. The van der Waals surface area contributed by atoms with E-state index in [0.717, 1.165) is 18.4 Å². The molecule has 1 heterocycles. The van der Waals surface area contributed by atoms with E-state index in [1.54, 1.807) is 25.1 Å². The second kappa shape index (κ2) is 6.43. The molecular formula is C18H18N2O2. The molecule has 112 valence electrons. The van der Waals surface area contributed by atoms with Gasteiger partial charge in [-0.15, -0.1) is 0 Å². The minimum Gasteiger partial charge on any atom is -0.441 e. The van der Waals surface area contributed by atoms with Crippen molar-refractivity contribution < 1.29 is 9.21 Å². The van der Waals surface area contributed by atoms with E-state index in [0.29, 0.717) is 23.6 Å². The summed E-state index contributed by atoms with van der Waals surface area (Å²) in [6, 6.07) is 15.6. The lowest BCUT2D eigenvalue weighted by atomic mass is 10.1. The number of aryl methyl sites for hydroxylation is 2. The zero-order chi connectivity index (χ0) is 15.4. The van der Waals surface area contributed by atoms with Crippen molar-refractivity contribution in [3.63, 3.8) is 0 Å². The molecule has 1 aromatic heterocycles. The zero-order valence-electron chi connectivity index (χ0n) is 12.5. The standard InChI is InChI=1S/C18H18N2O2/c1-13-20-16-12-15(9-10-17(16)22-13)18(21)19-11-5-8-14-6-3-2-4-7-14/h2-4,6-7,9-10,12H,5,8,11H2,1H3,(H,19,21). The summed E-state index contributed by atoms with van der Waals surface area (Å²) in [5, 5.41) is 2.94. The Morgan fingerprint density at radius 2 is 2.00 bits per heavy atom. The van der Waals surface area contributed by atoms with Crippen LogP contribution in [0.4, 0.5) is 0 Å². The van der Waals surface area contributed by atoms with Gasteiger partial charge in [0.1, 0.15) is 5.52 Å². The van der Waals surface area contributed by atoms with Crippen LogP contribution in [-0.2, 0) is 6.42 Å². The Labute approximate surface area is 129 Å². The topological polar surface area (TPSA) is 55.1 Å². The first-order valence-corrected chi connectivity index (χ1v) is 7.42. The van der Waals surface area contributed by atoms with E-state index in [9.17, 15) is 4.79 Å². The maximum Gasteiger partial charge on any atom is 0.251 e. The van der Waals surface area contributed by atoms with Gasteiger partial charge in [-0.25, -0.2) is 4.98 Å². The number of amides is 1. The van der Waals surface area contributed by atoms with Crippen LogP contribution >= 0.6 is 0 Å². The molecule has 0 atom stereocenters. The quantitative estimate of drug-likeness (QED) is 0.733. The number of nitrogens with zero attached hydrogens (tertiary/aromatic N) is 1. The summed E-state index contributed by atoms with van der Waals surface area (Å²) < 4.78 is 5.41. The summed E-state index contributed by atoms with van der Waals surface area (Å²) in [7, 11) is 0. The van der Waals surface area contributed by atoms with Crippen molar-refractivity contribution in [3.8, 4) is 0 Å². The second-order valence-corrected chi connectivity index (χ2v) is 5.26. The molecule has 0 aliphatic heterocycles. The molecule has 1 N–H and O–H groups in total. The Balaban J connectivity index is 1.54. The fraction of sp³-hybridized carbons (Fsp3) is 0.222. The van der Waals surface area contributed by atoms with Gasteiger partial charge >= 0.3 is 0 Å². The third kappa shape index (κ3) is 3.34. The minimum atomic E-state index is -0.0735. The summed E-state index contributed by atoms with van der Waals surface area (Å²) in [5.41, 5.74) is 3.32. The van der Waals surface area contributed by atoms with E-state index in [1.165, 1.54) is 5.56 Å². The Morgan fingerprint density at radius 1 is 1.18 bits per heavy atom. The Bertz CT molecular complexity index is 778. The van der Waals surface area contributed by atoms with Crippen molar-refractivity contribution in [2.75, 3.05) is 6.54 Å². The Hall–Kier alpha value is -2.62. The van der Waals surface area contributed by atoms with Gasteiger partial charge in [-0.3, -0.25) is 4.79 Å². The van der Waals surface area contributed by atoms with E-state index in [4.69, 9.17) is 4.42 Å². The molecular weight excluding hydrogens is 276 g/mol. The number of rotatable bonds is 5. The van der Waals surface area contributed by atoms with Crippen LogP contribution in [0.2, 0.25) is 0 Å². The lowest BCUT2D eigenvalue weighted by Gasteiger charge is -2.05. The van der Waals surface area contributed by atoms with Gasteiger partial charge in [0.05, 0.1) is 0 Å². The number of oxazole rings is 1. The monoisotopic (exact) mass is 294 g/mol. The van der Waals surface area contributed by atoms with E-state index in [2.05, 4.69) is 22.4 Å². The molecule has 2 aromatic carbocycles. The van der Waals surface area contributed by atoms with Crippen LogP contribution in [0.1, 0.15) is 28.2 Å². The van der Waals surface area contributed by atoms with E-state index < -0.39 is 0 Å². The lowest BCUT2D eigenvalue weighted by Crippen LogP contribution is -2.24. The normalized spacial score (nSPS) is 10.8. The van der Waals surface area contributed by atoms with Crippen LogP contribution in [0.15, 0.2) is 52.9 Å². The summed E-state index contributed by atoms with van der Waals surface area (Å²) in [6.07, 6.45) is 1.88. The first-order chi connectivity index (χ1) is 10.7. The van der Waals surface area contributed by atoms with Crippen LogP contribution in [0.25, 0.3) is 11.1 Å². The van der Waals surface area contributed by atoms with Crippen molar-refractivity contribution in [1.82, 2.24) is 10.3 Å². The summed E-state index contributed by atoms with van der Waals surface area (Å²) in [6.45, 7) is 2.45. The van der Waals surface area contributed by atoms with E-state index >= 15 is 0 Å². The molecule has 0 spiro atoms. The number of hydrogen-bond donors (Lipinski definition) is 1. The van der Waals surface area contributed by atoms with Crippen LogP contribution in [-0.4, -0.2) is 17.4 Å². The van der Waals surface area contributed by atoms with Gasteiger partial charge in [0.2, 0.25) is 0 Å². The van der Waals surface area contributed by atoms with Gasteiger partial charge in [0.25, 0.3) is 5.91 Å². The Kier molecular flexibility index (Phi) is 4.19. The smallest absolute Gasteiger partial charge is 0.251 e. The molecule has 22 heavy (non-hydrogen) atoms. The number of fused-ring (bicyclic) bond motifs is 1. The van der Waals surface area contributed by atoms with Gasteiger partial charge in [0.15, 0.2) is 11.5 Å². The molecule has 3 aromatic rings. The van der Waals surface area contributed by atoms with Gasteiger partial charge in [-0.05, 0) is 36.6 Å². The predicted octanol–water partition coefficient (Wildman–Crippen LogP) is 3.50. The summed E-state index contributed by atoms with van der Waals surface area (Å²) in [4.78, 5) is 16.4. The SMILES string of the molecule is Cc1nc2cc(C(=O)NCCCc3ccccc3)ccc2o1. The number of benzene rings is 2. The van der Waals surface area contributed by atoms with Crippen LogP contribution < -0.4 is 5.32 Å². The minimum absolute atomic E-state index is 0.0735. The predicted molar refractivity (Wildman–Crippen MR) is 85.8 cm³/mol. The third-order valence-corrected chi connectivity index (χ3v) is 3.53. The molecule has 0 aliphatic carbocycles. The number of carbonyl (C=O) groups excluding carboxylic acids is 1. The van der Waals surface area contributed by atoms with Crippen molar-refractivity contribution in [2.24, 2.45) is 0 Å². The maximum absolute atomic E-state index is 12.1. The summed E-state index contributed by atoms with van der Waals surface area (Å²) >= 11 is 0. The molecule has 0 fully saturated rings. The first-order valence-electron chi connectivity index (χ1n) is 7.42. The average molecular weight is 294 g/mol. The highest BCUT2D eigenvalue weighted by molar-refractivity contribution is 5.97. The molecule has 0 radical (unpaired) electrons. The number of nitrogens with one attached hydrogen (secondary N) is 1. The largest absolute Gasteiger partial charge is 0.441 e. The highest BCUT2D eigenvalue weighted by Crippen LogP contribution is 2.16. The molecule has 4 heteroatoms. The van der Waals surface area contributed by atoms with Crippen LogP contribution in [0, 0.1) is 6.92 Å². The highest BCUT2D eigenvalue weighted by atomic mass is 16.3. The van der Waals surface area contributed by atoms with Crippen molar-refractivity contribution in [3.05, 3.63) is 65.5 Å². The fourth-order valence-corrected chi connectivity index (χ4v) is 2.43. The van der Waals surface area contributed by atoms with Crippen LogP contribution in [0.5, 0.6) is 0 Å². The van der Waals surface area contributed by atoms with Crippen molar-refractivity contribution in [1.29, 1.82) is 0 Å². The van der Waals surface area contributed by atoms with Gasteiger partial charge < -0.3 is 9.73 Å². The first kappa shape index (κ1) is 14.3. The molecule has 1 amide bonds. The molecule has 4 nitrogen and oxygen atoms in total. The lowest BCUT2D eigenvalue weighted by molar-refractivity contribution is 0.0953. The second-order valence-electron chi connectivity index (χ2n) is 5.26. The van der Waals surface area contributed by atoms with Gasteiger partial charge in [0, 0.05) is 19.0 Å². The molecule has 0 saturated carbocycles. The fourth-order valence-electron chi connectivity index (χ4n) is 2.43. The van der Waals surface area contributed by atoms with Gasteiger partial charge in [-0.2, -0.15) is 0 Å². The number of carbonyl (C=O) groups is 1.